The van der Waals surface area contributed by atoms with Crippen LogP contribution in [-0.4, -0.2) is 11.5 Å². The second-order valence-electron chi connectivity index (χ2n) is 5.06. The molecule has 1 aromatic carbocycles. The van der Waals surface area contributed by atoms with Gasteiger partial charge in [0.15, 0.2) is 0 Å². The predicted molar refractivity (Wildman–Crippen MR) is 92.0 cm³/mol. The number of benzene rings is 1. The molecule has 0 fully saturated rings. The Morgan fingerprint density at radius 2 is 1.95 bits per heavy atom. The minimum Gasteiger partial charge on any atom is -0.313 e. The Kier molecular flexibility index (Phi) is 6.55. The Bertz CT molecular complexity index is 570. The third kappa shape index (κ3) is 5.34. The zero-order valence-corrected chi connectivity index (χ0v) is 14.1. The van der Waals surface area contributed by atoms with Gasteiger partial charge >= 0.3 is 0 Å². The van der Waals surface area contributed by atoms with E-state index < -0.39 is 0 Å². The fraction of sp³-hybridized carbons (Fsp3) is 0.353. The van der Waals surface area contributed by atoms with Gasteiger partial charge in [0.05, 0.1) is 5.03 Å². The molecule has 0 saturated carbocycles. The summed E-state index contributed by atoms with van der Waals surface area (Å²) < 4.78 is 0. The van der Waals surface area contributed by atoms with Gasteiger partial charge in [0, 0.05) is 23.5 Å². The van der Waals surface area contributed by atoms with E-state index in [1.807, 2.05) is 18.3 Å². The SMILES string of the molecule is CCCNCc1cnc(SCc2ccc(Cl)cc2)c(C)c1. The zero-order valence-electron chi connectivity index (χ0n) is 12.5. The van der Waals surface area contributed by atoms with Crippen molar-refractivity contribution in [1.29, 1.82) is 0 Å². The van der Waals surface area contributed by atoms with Crippen molar-refractivity contribution < 1.29 is 0 Å². The van der Waals surface area contributed by atoms with E-state index in [0.29, 0.717) is 0 Å². The van der Waals surface area contributed by atoms with Gasteiger partial charge in [0.2, 0.25) is 0 Å². The molecule has 0 bridgehead atoms. The number of hydrogen-bond donors (Lipinski definition) is 1. The summed E-state index contributed by atoms with van der Waals surface area (Å²) in [6.07, 6.45) is 3.13. The minimum absolute atomic E-state index is 0.780. The van der Waals surface area contributed by atoms with Crippen LogP contribution in [0.3, 0.4) is 0 Å². The monoisotopic (exact) mass is 320 g/mol. The van der Waals surface area contributed by atoms with Crippen LogP contribution in [0.5, 0.6) is 0 Å². The molecule has 2 rings (SSSR count). The first-order valence-corrected chi connectivity index (χ1v) is 8.59. The summed E-state index contributed by atoms with van der Waals surface area (Å²) in [6, 6.07) is 10.2. The fourth-order valence-electron chi connectivity index (χ4n) is 2.01. The lowest BCUT2D eigenvalue weighted by atomic mass is 10.2. The van der Waals surface area contributed by atoms with Crippen LogP contribution in [0, 0.1) is 6.92 Å². The summed E-state index contributed by atoms with van der Waals surface area (Å²) in [5.74, 6) is 0.915. The van der Waals surface area contributed by atoms with Gasteiger partial charge in [-0.1, -0.05) is 36.7 Å². The molecule has 4 heteroatoms. The van der Waals surface area contributed by atoms with Gasteiger partial charge < -0.3 is 5.32 Å². The lowest BCUT2D eigenvalue weighted by Gasteiger charge is -2.08. The van der Waals surface area contributed by atoms with Gasteiger partial charge in [0.1, 0.15) is 0 Å². The maximum Gasteiger partial charge on any atom is 0.0992 e. The summed E-state index contributed by atoms with van der Waals surface area (Å²) in [4.78, 5) is 4.59. The standard InChI is InChI=1S/C17H21ClN2S/c1-3-8-19-10-15-9-13(2)17(20-11-15)21-12-14-4-6-16(18)7-5-14/h4-7,9,11,19H,3,8,10,12H2,1-2H3. The third-order valence-electron chi connectivity index (χ3n) is 3.13. The molecular weight excluding hydrogens is 300 g/mol. The Hall–Kier alpha value is -1.03. The number of nitrogens with one attached hydrogen (secondary N) is 1. The van der Waals surface area contributed by atoms with E-state index in [9.17, 15) is 0 Å². The largest absolute Gasteiger partial charge is 0.313 e. The Balaban J connectivity index is 1.92. The zero-order chi connectivity index (χ0) is 15.1. The summed E-state index contributed by atoms with van der Waals surface area (Å²) in [6.45, 7) is 6.24. The Morgan fingerprint density at radius 3 is 2.62 bits per heavy atom. The maximum absolute atomic E-state index is 5.90. The molecule has 0 radical (unpaired) electrons. The maximum atomic E-state index is 5.90. The average molecular weight is 321 g/mol. The lowest BCUT2D eigenvalue weighted by molar-refractivity contribution is 0.672. The van der Waals surface area contributed by atoms with Crippen molar-refractivity contribution in [3.05, 3.63) is 58.2 Å². The summed E-state index contributed by atoms with van der Waals surface area (Å²) >= 11 is 7.67. The third-order valence-corrected chi connectivity index (χ3v) is 4.56. The van der Waals surface area contributed by atoms with Gasteiger partial charge in [-0.05, 0) is 48.7 Å². The van der Waals surface area contributed by atoms with Crippen LogP contribution in [0.4, 0.5) is 0 Å². The smallest absolute Gasteiger partial charge is 0.0992 e. The molecule has 0 saturated heterocycles. The van der Waals surface area contributed by atoms with Crippen LogP contribution in [0.2, 0.25) is 5.02 Å². The molecule has 0 atom stereocenters. The highest BCUT2D eigenvalue weighted by atomic mass is 35.5. The number of halogens is 1. The van der Waals surface area contributed by atoms with E-state index in [1.165, 1.54) is 16.7 Å². The summed E-state index contributed by atoms with van der Waals surface area (Å²) in [5, 5.41) is 5.28. The summed E-state index contributed by atoms with van der Waals surface area (Å²) in [7, 11) is 0. The van der Waals surface area contributed by atoms with Gasteiger partial charge in [-0.25, -0.2) is 4.98 Å². The van der Waals surface area contributed by atoms with Crippen LogP contribution >= 0.6 is 23.4 Å². The van der Waals surface area contributed by atoms with Crippen molar-refractivity contribution in [2.24, 2.45) is 0 Å². The van der Waals surface area contributed by atoms with Gasteiger partial charge in [0.25, 0.3) is 0 Å². The molecule has 0 spiro atoms. The number of nitrogens with zero attached hydrogens (tertiary/aromatic N) is 1. The number of thioether (sulfide) groups is 1. The van der Waals surface area contributed by atoms with E-state index in [1.54, 1.807) is 11.8 Å². The first-order chi connectivity index (χ1) is 10.2. The van der Waals surface area contributed by atoms with Crippen LogP contribution < -0.4 is 5.32 Å². The van der Waals surface area contributed by atoms with Crippen LogP contribution in [0.15, 0.2) is 41.6 Å². The predicted octanol–water partition coefficient (Wildman–Crippen LogP) is 4.84. The van der Waals surface area contributed by atoms with E-state index in [2.05, 4.69) is 42.3 Å². The van der Waals surface area contributed by atoms with Crippen molar-refractivity contribution in [3.8, 4) is 0 Å². The second kappa shape index (κ2) is 8.42. The Labute approximate surface area is 136 Å². The quantitative estimate of drug-likeness (QED) is 0.584. The molecule has 0 amide bonds. The highest BCUT2D eigenvalue weighted by molar-refractivity contribution is 7.98. The fourth-order valence-corrected chi connectivity index (χ4v) is 3.05. The van der Waals surface area contributed by atoms with E-state index in [0.717, 1.165) is 35.3 Å². The minimum atomic E-state index is 0.780. The van der Waals surface area contributed by atoms with Crippen molar-refractivity contribution >= 4 is 23.4 Å². The lowest BCUT2D eigenvalue weighted by Crippen LogP contribution is -2.14. The van der Waals surface area contributed by atoms with E-state index in [-0.39, 0.29) is 0 Å². The van der Waals surface area contributed by atoms with E-state index >= 15 is 0 Å². The normalized spacial score (nSPS) is 10.8. The number of pyridine rings is 1. The van der Waals surface area contributed by atoms with Gasteiger partial charge in [-0.15, -0.1) is 11.8 Å². The highest BCUT2D eigenvalue weighted by Gasteiger charge is 2.04. The molecule has 1 heterocycles. The molecule has 0 aliphatic carbocycles. The Morgan fingerprint density at radius 1 is 1.19 bits per heavy atom. The van der Waals surface area contributed by atoms with Crippen molar-refractivity contribution in [2.75, 3.05) is 6.54 Å². The van der Waals surface area contributed by atoms with Crippen molar-refractivity contribution in [1.82, 2.24) is 10.3 Å². The van der Waals surface area contributed by atoms with Crippen LogP contribution in [0.25, 0.3) is 0 Å². The molecular formula is C17H21ClN2S. The topological polar surface area (TPSA) is 24.9 Å². The first kappa shape index (κ1) is 16.3. The molecule has 1 N–H and O–H groups in total. The molecule has 0 unspecified atom stereocenters. The molecule has 2 nitrogen and oxygen atoms in total. The van der Waals surface area contributed by atoms with Crippen LogP contribution in [-0.2, 0) is 12.3 Å². The van der Waals surface area contributed by atoms with E-state index in [4.69, 9.17) is 11.6 Å². The van der Waals surface area contributed by atoms with Crippen molar-refractivity contribution in [3.63, 3.8) is 0 Å². The second-order valence-corrected chi connectivity index (χ2v) is 6.46. The van der Waals surface area contributed by atoms with Crippen LogP contribution in [0.1, 0.15) is 30.0 Å². The highest BCUT2D eigenvalue weighted by Crippen LogP contribution is 2.25. The molecule has 2 aromatic rings. The summed E-state index contributed by atoms with van der Waals surface area (Å²) in [5.41, 5.74) is 3.75. The molecule has 0 aliphatic heterocycles. The van der Waals surface area contributed by atoms with Crippen molar-refractivity contribution in [2.45, 2.75) is 37.6 Å². The molecule has 0 aliphatic rings. The van der Waals surface area contributed by atoms with Gasteiger partial charge in [-0.2, -0.15) is 0 Å². The number of aryl methyl sites for hydroxylation is 1. The average Bonchev–Trinajstić information content (AvgIpc) is 2.48. The number of hydrogen-bond acceptors (Lipinski definition) is 3. The molecule has 1 aromatic heterocycles. The molecule has 112 valence electrons. The number of aromatic nitrogens is 1. The number of rotatable bonds is 7. The van der Waals surface area contributed by atoms with Gasteiger partial charge in [-0.3, -0.25) is 0 Å². The molecule has 21 heavy (non-hydrogen) atoms. The first-order valence-electron chi connectivity index (χ1n) is 7.22.